The molecule has 8 heteroatoms. The van der Waals surface area contributed by atoms with Crippen molar-refractivity contribution in [2.24, 2.45) is 0 Å². The Labute approximate surface area is 169 Å². The summed E-state index contributed by atoms with van der Waals surface area (Å²) in [5, 5.41) is 5.58. The summed E-state index contributed by atoms with van der Waals surface area (Å²) in [6, 6.07) is 12.4. The molecule has 5 nitrogen and oxygen atoms in total. The summed E-state index contributed by atoms with van der Waals surface area (Å²) in [4.78, 5) is 0.189. The third-order valence-electron chi connectivity index (χ3n) is 4.21. The van der Waals surface area contributed by atoms with E-state index in [2.05, 4.69) is 9.82 Å². The molecule has 0 aliphatic rings. The summed E-state index contributed by atoms with van der Waals surface area (Å²) in [6.07, 6.45) is 0. The van der Waals surface area contributed by atoms with E-state index < -0.39 is 10.0 Å². The fourth-order valence-corrected chi connectivity index (χ4v) is 4.36. The van der Waals surface area contributed by atoms with Gasteiger partial charge in [0.15, 0.2) is 5.82 Å². The lowest BCUT2D eigenvalue weighted by Crippen LogP contribution is -2.15. The number of halogens is 2. The van der Waals surface area contributed by atoms with Gasteiger partial charge in [-0.1, -0.05) is 35.3 Å². The molecule has 3 aromatic rings. The van der Waals surface area contributed by atoms with Crippen LogP contribution in [-0.2, 0) is 16.6 Å². The molecule has 142 valence electrons. The zero-order chi connectivity index (χ0) is 19.8. The summed E-state index contributed by atoms with van der Waals surface area (Å²) in [6.45, 7) is 5.87. The Kier molecular flexibility index (Phi) is 5.51. The molecule has 0 aliphatic heterocycles. The van der Waals surface area contributed by atoms with Gasteiger partial charge in [0.1, 0.15) is 0 Å². The zero-order valence-corrected chi connectivity index (χ0v) is 17.5. The zero-order valence-electron chi connectivity index (χ0n) is 15.1. The Morgan fingerprint density at radius 3 is 2.33 bits per heavy atom. The second-order valence-corrected chi connectivity index (χ2v) is 8.92. The van der Waals surface area contributed by atoms with Crippen LogP contribution >= 0.6 is 23.2 Å². The lowest BCUT2D eigenvalue weighted by Gasteiger charge is -2.10. The van der Waals surface area contributed by atoms with Gasteiger partial charge in [-0.15, -0.1) is 0 Å². The van der Waals surface area contributed by atoms with Crippen LogP contribution < -0.4 is 4.72 Å². The van der Waals surface area contributed by atoms with E-state index in [0.717, 1.165) is 11.3 Å². The highest BCUT2D eigenvalue weighted by Gasteiger charge is 2.20. The lowest BCUT2D eigenvalue weighted by molar-refractivity contribution is 0.600. The highest BCUT2D eigenvalue weighted by Crippen LogP contribution is 2.25. The number of hydrogen-bond donors (Lipinski definition) is 1. The van der Waals surface area contributed by atoms with Crippen LogP contribution in [0.4, 0.5) is 5.82 Å². The van der Waals surface area contributed by atoms with Gasteiger partial charge in [0.2, 0.25) is 0 Å². The van der Waals surface area contributed by atoms with Crippen LogP contribution in [0.15, 0.2) is 47.4 Å². The maximum absolute atomic E-state index is 12.8. The molecule has 0 fully saturated rings. The van der Waals surface area contributed by atoms with E-state index in [-0.39, 0.29) is 10.7 Å². The van der Waals surface area contributed by atoms with Gasteiger partial charge < -0.3 is 0 Å². The molecule has 0 unspecified atom stereocenters. The van der Waals surface area contributed by atoms with Crippen LogP contribution in [0.3, 0.4) is 0 Å². The van der Waals surface area contributed by atoms with Crippen molar-refractivity contribution in [2.75, 3.05) is 4.72 Å². The lowest BCUT2D eigenvalue weighted by atomic mass is 10.2. The minimum absolute atomic E-state index is 0.189. The molecule has 27 heavy (non-hydrogen) atoms. The van der Waals surface area contributed by atoms with E-state index in [9.17, 15) is 8.42 Å². The minimum Gasteiger partial charge on any atom is -0.263 e. The van der Waals surface area contributed by atoms with Crippen LogP contribution in [0.25, 0.3) is 0 Å². The normalized spacial score (nSPS) is 11.6. The predicted molar refractivity (Wildman–Crippen MR) is 109 cm³/mol. The van der Waals surface area contributed by atoms with E-state index in [1.807, 2.05) is 31.2 Å². The van der Waals surface area contributed by atoms with Gasteiger partial charge in [0, 0.05) is 21.8 Å². The number of aryl methyl sites for hydroxylation is 3. The third kappa shape index (κ3) is 4.46. The molecule has 0 spiro atoms. The molecule has 2 aromatic carbocycles. The van der Waals surface area contributed by atoms with Gasteiger partial charge in [0.25, 0.3) is 10.0 Å². The van der Waals surface area contributed by atoms with Crippen molar-refractivity contribution in [3.8, 4) is 0 Å². The standard InChI is InChI=1S/C19H19Cl2N3O2S/c1-12-9-18(13(2)8-17(12)21)27(25,26)23-19-10-14(3)24(22-19)11-15-4-6-16(20)7-5-15/h4-10H,11H2,1-3H3,(H,22,23). The monoisotopic (exact) mass is 423 g/mol. The highest BCUT2D eigenvalue weighted by molar-refractivity contribution is 7.92. The van der Waals surface area contributed by atoms with Crippen LogP contribution in [0.1, 0.15) is 22.4 Å². The fourth-order valence-electron chi connectivity index (χ4n) is 2.72. The Balaban J connectivity index is 1.85. The molecule has 0 saturated heterocycles. The van der Waals surface area contributed by atoms with Crippen LogP contribution in [0.5, 0.6) is 0 Å². The summed E-state index contributed by atoms with van der Waals surface area (Å²) in [5.74, 6) is 0.272. The van der Waals surface area contributed by atoms with Gasteiger partial charge in [0.05, 0.1) is 11.4 Å². The van der Waals surface area contributed by atoms with Crippen LogP contribution in [0, 0.1) is 20.8 Å². The van der Waals surface area contributed by atoms with E-state index >= 15 is 0 Å². The first kappa shape index (κ1) is 19.7. The number of aromatic nitrogens is 2. The second-order valence-electron chi connectivity index (χ2n) is 6.43. The van der Waals surface area contributed by atoms with Crippen molar-refractivity contribution in [3.63, 3.8) is 0 Å². The summed E-state index contributed by atoms with van der Waals surface area (Å²) < 4.78 is 29.9. The first-order valence-corrected chi connectivity index (χ1v) is 10.5. The van der Waals surface area contributed by atoms with Crippen LogP contribution in [-0.4, -0.2) is 18.2 Å². The van der Waals surface area contributed by atoms with Gasteiger partial charge in [-0.3, -0.25) is 9.40 Å². The molecule has 0 atom stereocenters. The number of rotatable bonds is 5. The van der Waals surface area contributed by atoms with E-state index in [1.165, 1.54) is 0 Å². The Morgan fingerprint density at radius 2 is 1.67 bits per heavy atom. The van der Waals surface area contributed by atoms with E-state index in [0.29, 0.717) is 27.7 Å². The van der Waals surface area contributed by atoms with Crippen molar-refractivity contribution < 1.29 is 8.42 Å². The second kappa shape index (κ2) is 7.54. The molecule has 1 N–H and O–H groups in total. The smallest absolute Gasteiger partial charge is 0.263 e. The molecular formula is C19H19Cl2N3O2S. The van der Waals surface area contributed by atoms with Gasteiger partial charge in [-0.05, 0) is 61.7 Å². The molecule has 1 aromatic heterocycles. The van der Waals surface area contributed by atoms with E-state index in [4.69, 9.17) is 23.2 Å². The molecule has 0 amide bonds. The largest absolute Gasteiger partial charge is 0.263 e. The average Bonchev–Trinajstić information content (AvgIpc) is 2.91. The number of anilines is 1. The molecule has 0 aliphatic carbocycles. The van der Waals surface area contributed by atoms with Gasteiger partial charge in [-0.2, -0.15) is 5.10 Å². The molecule has 0 bridgehead atoms. The van der Waals surface area contributed by atoms with Crippen LogP contribution in [0.2, 0.25) is 10.0 Å². The van der Waals surface area contributed by atoms with Gasteiger partial charge in [-0.25, -0.2) is 8.42 Å². The highest BCUT2D eigenvalue weighted by atomic mass is 35.5. The SMILES string of the molecule is Cc1cc(S(=O)(=O)Nc2cc(C)n(Cc3ccc(Cl)cc3)n2)c(C)cc1Cl. The Morgan fingerprint density at radius 1 is 1.00 bits per heavy atom. The topological polar surface area (TPSA) is 64.0 Å². The number of nitrogens with one attached hydrogen (secondary N) is 1. The fraction of sp³-hybridized carbons (Fsp3) is 0.211. The first-order chi connectivity index (χ1) is 12.7. The predicted octanol–water partition coefficient (Wildman–Crippen LogP) is 4.96. The third-order valence-corrected chi connectivity index (χ3v) is 6.37. The molecule has 0 radical (unpaired) electrons. The number of nitrogens with zero attached hydrogens (tertiary/aromatic N) is 2. The molecule has 3 rings (SSSR count). The molecule has 1 heterocycles. The van der Waals surface area contributed by atoms with Crippen molar-refractivity contribution in [1.29, 1.82) is 0 Å². The summed E-state index contributed by atoms with van der Waals surface area (Å²) >= 11 is 12.0. The number of benzene rings is 2. The maximum Gasteiger partial charge on any atom is 0.263 e. The Hall–Kier alpha value is -2.02. The van der Waals surface area contributed by atoms with E-state index in [1.54, 1.807) is 36.7 Å². The van der Waals surface area contributed by atoms with Crippen molar-refractivity contribution in [3.05, 3.63) is 74.9 Å². The van der Waals surface area contributed by atoms with Crippen molar-refractivity contribution in [1.82, 2.24) is 9.78 Å². The molecule has 0 saturated carbocycles. The average molecular weight is 424 g/mol. The Bertz CT molecular complexity index is 1090. The van der Waals surface area contributed by atoms with Crippen molar-refractivity contribution in [2.45, 2.75) is 32.2 Å². The minimum atomic E-state index is -3.77. The van der Waals surface area contributed by atoms with Gasteiger partial charge >= 0.3 is 0 Å². The number of hydrogen-bond acceptors (Lipinski definition) is 3. The molecular weight excluding hydrogens is 405 g/mol. The van der Waals surface area contributed by atoms with Crippen molar-refractivity contribution >= 4 is 39.0 Å². The first-order valence-electron chi connectivity index (χ1n) is 8.24. The maximum atomic E-state index is 12.8. The number of sulfonamides is 1. The summed E-state index contributed by atoms with van der Waals surface area (Å²) in [7, 11) is -3.77. The summed E-state index contributed by atoms with van der Waals surface area (Å²) in [5.41, 5.74) is 3.14. The quantitative estimate of drug-likeness (QED) is 0.630.